The number of unbranched alkanes of at least 4 members (excludes halogenated alkanes) is 4. The maximum Gasteiger partial charge on any atom is -0.0234 e. The first-order valence-electron chi connectivity index (χ1n) is 11.2. The maximum absolute atomic E-state index is 2.47. The van der Waals surface area contributed by atoms with Crippen molar-refractivity contribution in [3.63, 3.8) is 0 Å². The van der Waals surface area contributed by atoms with Crippen LogP contribution in [0.5, 0.6) is 0 Å². The summed E-state index contributed by atoms with van der Waals surface area (Å²) in [6.45, 7) is 4.52. The average Bonchev–Trinajstić information content (AvgIpc) is 2.65. The second-order valence-corrected chi connectivity index (χ2v) is 7.94. The van der Waals surface area contributed by atoms with Gasteiger partial charge in [0, 0.05) is 0 Å². The van der Waals surface area contributed by atoms with Crippen LogP contribution < -0.4 is 0 Å². The van der Waals surface area contributed by atoms with Gasteiger partial charge in [0.05, 0.1) is 0 Å². The molecule has 0 unspecified atom stereocenters. The molecule has 2 fully saturated rings. The van der Waals surface area contributed by atoms with E-state index in [9.17, 15) is 0 Å². The summed E-state index contributed by atoms with van der Waals surface area (Å²) in [5.41, 5.74) is 0. The van der Waals surface area contributed by atoms with Crippen LogP contribution in [0.3, 0.4) is 0 Å². The fourth-order valence-corrected chi connectivity index (χ4v) is 3.87. The number of rotatable bonds is 8. The number of allylic oxidation sites excluding steroid dienone is 4. The van der Waals surface area contributed by atoms with E-state index in [4.69, 9.17) is 0 Å². The van der Waals surface area contributed by atoms with E-state index >= 15 is 0 Å². The largest absolute Gasteiger partial charge is 0.0883 e. The number of hydrogen-bond acceptors (Lipinski definition) is 0. The molecule has 0 radical (unpaired) electrons. The molecular weight excluding hydrogens is 288 g/mol. The monoisotopic (exact) mass is 332 g/mol. The molecule has 0 aliphatic heterocycles. The third-order valence-electron chi connectivity index (χ3n) is 5.56. The van der Waals surface area contributed by atoms with Crippen LogP contribution in [0.15, 0.2) is 24.3 Å². The quantitative estimate of drug-likeness (QED) is 0.308. The van der Waals surface area contributed by atoms with Gasteiger partial charge in [0.1, 0.15) is 0 Å². The van der Waals surface area contributed by atoms with Crippen LogP contribution in [-0.4, -0.2) is 0 Å². The third-order valence-corrected chi connectivity index (χ3v) is 5.56. The van der Waals surface area contributed by atoms with Crippen molar-refractivity contribution in [2.45, 2.75) is 117 Å². The lowest BCUT2D eigenvalue weighted by Gasteiger charge is -2.17. The first-order chi connectivity index (χ1) is 11.9. The van der Waals surface area contributed by atoms with Crippen molar-refractivity contribution in [3.8, 4) is 0 Å². The summed E-state index contributed by atoms with van der Waals surface area (Å²) in [6, 6.07) is 0. The Morgan fingerprint density at radius 3 is 1.29 bits per heavy atom. The SMILES string of the molecule is CCCC/C=C/C1CCCCC1.CCCC/C=C\C1CCCCC1. The van der Waals surface area contributed by atoms with Crippen LogP contribution in [0.1, 0.15) is 117 Å². The maximum atomic E-state index is 2.47. The molecule has 140 valence electrons. The van der Waals surface area contributed by atoms with Crippen molar-refractivity contribution in [1.82, 2.24) is 0 Å². The second kappa shape index (κ2) is 16.0. The molecule has 24 heavy (non-hydrogen) atoms. The van der Waals surface area contributed by atoms with Gasteiger partial charge in [-0.3, -0.25) is 0 Å². The molecule has 0 atom stereocenters. The van der Waals surface area contributed by atoms with Gasteiger partial charge in [0.15, 0.2) is 0 Å². The van der Waals surface area contributed by atoms with Crippen LogP contribution in [0, 0.1) is 11.8 Å². The summed E-state index contributed by atoms with van der Waals surface area (Å²) in [6.07, 6.45) is 32.3. The van der Waals surface area contributed by atoms with Gasteiger partial charge in [0.2, 0.25) is 0 Å². The highest BCUT2D eigenvalue weighted by Crippen LogP contribution is 2.25. The predicted molar refractivity (Wildman–Crippen MR) is 110 cm³/mol. The van der Waals surface area contributed by atoms with Crippen LogP contribution in [0.4, 0.5) is 0 Å². The van der Waals surface area contributed by atoms with E-state index in [1.165, 1.54) is 103 Å². The van der Waals surface area contributed by atoms with E-state index in [1.807, 2.05) is 0 Å². The van der Waals surface area contributed by atoms with Gasteiger partial charge < -0.3 is 0 Å². The van der Waals surface area contributed by atoms with Gasteiger partial charge in [0.25, 0.3) is 0 Å². The molecule has 2 aliphatic rings. The summed E-state index contributed by atoms with van der Waals surface area (Å²) < 4.78 is 0. The van der Waals surface area contributed by atoms with Crippen LogP contribution >= 0.6 is 0 Å². The number of hydrogen-bond donors (Lipinski definition) is 0. The molecule has 0 amide bonds. The minimum Gasteiger partial charge on any atom is -0.0883 e. The molecule has 2 aliphatic carbocycles. The third kappa shape index (κ3) is 11.9. The Kier molecular flexibility index (Phi) is 14.3. The predicted octanol–water partition coefficient (Wildman–Crippen LogP) is 8.63. The Labute approximate surface area is 153 Å². The Morgan fingerprint density at radius 2 is 0.958 bits per heavy atom. The molecule has 2 saturated carbocycles. The molecule has 0 N–H and O–H groups in total. The molecule has 0 aromatic carbocycles. The molecule has 0 heterocycles. The second-order valence-electron chi connectivity index (χ2n) is 7.94. The van der Waals surface area contributed by atoms with Crippen LogP contribution in [0.25, 0.3) is 0 Å². The molecule has 2 rings (SSSR count). The van der Waals surface area contributed by atoms with Gasteiger partial charge in [-0.05, 0) is 50.4 Å². The highest BCUT2D eigenvalue weighted by molar-refractivity contribution is 4.90. The van der Waals surface area contributed by atoms with Crippen molar-refractivity contribution in [3.05, 3.63) is 24.3 Å². The minimum atomic E-state index is 0.926. The molecule has 0 heteroatoms. The van der Waals surface area contributed by atoms with Gasteiger partial charge in [-0.15, -0.1) is 0 Å². The first kappa shape index (κ1) is 21.5. The molecule has 0 saturated heterocycles. The van der Waals surface area contributed by atoms with E-state index in [-0.39, 0.29) is 0 Å². The lowest BCUT2D eigenvalue weighted by atomic mass is 9.89. The smallest absolute Gasteiger partial charge is 0.0234 e. The van der Waals surface area contributed by atoms with Gasteiger partial charge in [-0.25, -0.2) is 0 Å². The Morgan fingerprint density at radius 1 is 0.583 bits per heavy atom. The topological polar surface area (TPSA) is 0 Å². The Hall–Kier alpha value is -0.520. The fraction of sp³-hybridized carbons (Fsp3) is 0.833. The molecule has 0 bridgehead atoms. The zero-order chi connectivity index (χ0) is 17.3. The lowest BCUT2D eigenvalue weighted by Crippen LogP contribution is -2.02. The Bertz CT molecular complexity index is 268. The molecule has 0 spiro atoms. The van der Waals surface area contributed by atoms with Crippen molar-refractivity contribution in [1.29, 1.82) is 0 Å². The highest BCUT2D eigenvalue weighted by atomic mass is 14.1. The van der Waals surface area contributed by atoms with Crippen molar-refractivity contribution in [2.24, 2.45) is 11.8 Å². The van der Waals surface area contributed by atoms with E-state index in [2.05, 4.69) is 38.2 Å². The molecule has 0 aromatic heterocycles. The van der Waals surface area contributed by atoms with E-state index in [0.717, 1.165) is 11.8 Å². The van der Waals surface area contributed by atoms with Crippen molar-refractivity contribution in [2.75, 3.05) is 0 Å². The minimum absolute atomic E-state index is 0.926. The zero-order valence-corrected chi connectivity index (χ0v) is 16.8. The zero-order valence-electron chi connectivity index (χ0n) is 16.8. The average molecular weight is 333 g/mol. The van der Waals surface area contributed by atoms with E-state index < -0.39 is 0 Å². The van der Waals surface area contributed by atoms with Crippen molar-refractivity contribution >= 4 is 0 Å². The normalized spacial score (nSPS) is 20.4. The van der Waals surface area contributed by atoms with Gasteiger partial charge >= 0.3 is 0 Å². The van der Waals surface area contributed by atoms with E-state index in [1.54, 1.807) is 0 Å². The fourth-order valence-electron chi connectivity index (χ4n) is 3.87. The van der Waals surface area contributed by atoms with Crippen molar-refractivity contribution < 1.29 is 0 Å². The van der Waals surface area contributed by atoms with Crippen LogP contribution in [0.2, 0.25) is 0 Å². The summed E-state index contributed by atoms with van der Waals surface area (Å²) in [4.78, 5) is 0. The summed E-state index contributed by atoms with van der Waals surface area (Å²) >= 11 is 0. The lowest BCUT2D eigenvalue weighted by molar-refractivity contribution is 0.418. The molecule has 0 aromatic rings. The van der Waals surface area contributed by atoms with Gasteiger partial charge in [-0.2, -0.15) is 0 Å². The first-order valence-corrected chi connectivity index (χ1v) is 11.2. The van der Waals surface area contributed by atoms with Gasteiger partial charge in [-0.1, -0.05) is 102 Å². The highest BCUT2D eigenvalue weighted by Gasteiger charge is 2.09. The summed E-state index contributed by atoms with van der Waals surface area (Å²) in [5.74, 6) is 1.85. The van der Waals surface area contributed by atoms with Crippen LogP contribution in [-0.2, 0) is 0 Å². The molecule has 0 nitrogen and oxygen atoms in total. The Balaban J connectivity index is 0.000000240. The standard InChI is InChI=1S/2C12H22/c2*1-2-3-4-6-9-12-10-7-5-8-11-12/h2*6,9,12H,2-5,7-8,10-11H2,1H3/b9-6+;9-6-. The summed E-state index contributed by atoms with van der Waals surface area (Å²) in [5, 5.41) is 0. The molecular formula is C24H44. The van der Waals surface area contributed by atoms with E-state index in [0.29, 0.717) is 0 Å². The summed E-state index contributed by atoms with van der Waals surface area (Å²) in [7, 11) is 0.